The van der Waals surface area contributed by atoms with Gasteiger partial charge in [0.15, 0.2) is 0 Å². The minimum atomic E-state index is -0.132. The summed E-state index contributed by atoms with van der Waals surface area (Å²) >= 11 is 0. The second kappa shape index (κ2) is 2.53. The van der Waals surface area contributed by atoms with E-state index in [1.165, 1.54) is 0 Å². The van der Waals surface area contributed by atoms with E-state index >= 15 is 0 Å². The normalized spacial score (nSPS) is 10.8. The summed E-state index contributed by atoms with van der Waals surface area (Å²) in [4.78, 5) is 2.97. The molecule has 0 saturated carbocycles. The molecule has 12 heavy (non-hydrogen) atoms. The summed E-state index contributed by atoms with van der Waals surface area (Å²) in [6.07, 6.45) is 1.76. The first-order chi connectivity index (χ1) is 5.83. The number of aromatic hydroxyl groups is 1. The first-order valence-electron chi connectivity index (χ1n) is 3.71. The van der Waals surface area contributed by atoms with Gasteiger partial charge in [0.1, 0.15) is 5.75 Å². The van der Waals surface area contributed by atoms with Crippen LogP contribution in [-0.4, -0.2) is 15.2 Å². The number of hydrogen-bond acceptors (Lipinski definition) is 2. The molecule has 62 valence electrons. The van der Waals surface area contributed by atoms with E-state index in [-0.39, 0.29) is 12.4 Å². The van der Waals surface area contributed by atoms with Crippen molar-refractivity contribution in [2.45, 2.75) is 6.61 Å². The Morgan fingerprint density at radius 2 is 2.08 bits per heavy atom. The Kier molecular flexibility index (Phi) is 1.52. The Bertz CT molecular complexity index is 406. The molecular formula is C9H9NO2. The van der Waals surface area contributed by atoms with Gasteiger partial charge in [-0.15, -0.1) is 0 Å². The average molecular weight is 163 g/mol. The summed E-state index contributed by atoms with van der Waals surface area (Å²) in [5.41, 5.74) is 1.44. The number of fused-ring (bicyclic) bond motifs is 1. The lowest BCUT2D eigenvalue weighted by Crippen LogP contribution is -1.83. The molecule has 1 aromatic carbocycles. The first kappa shape index (κ1) is 7.18. The third kappa shape index (κ3) is 0.871. The number of benzene rings is 1. The van der Waals surface area contributed by atoms with Crippen LogP contribution in [0.25, 0.3) is 10.9 Å². The molecule has 0 aliphatic heterocycles. The number of aliphatic hydroxyl groups excluding tert-OH is 1. The van der Waals surface area contributed by atoms with E-state index in [0.717, 1.165) is 10.9 Å². The molecule has 3 nitrogen and oxygen atoms in total. The van der Waals surface area contributed by atoms with Crippen LogP contribution in [0.1, 0.15) is 5.56 Å². The molecule has 0 spiro atoms. The zero-order valence-corrected chi connectivity index (χ0v) is 6.41. The lowest BCUT2D eigenvalue weighted by molar-refractivity contribution is 0.276. The van der Waals surface area contributed by atoms with Crippen LogP contribution in [0.3, 0.4) is 0 Å². The van der Waals surface area contributed by atoms with Gasteiger partial charge in [-0.1, -0.05) is 6.07 Å². The number of aromatic amines is 1. The van der Waals surface area contributed by atoms with Crippen LogP contribution < -0.4 is 0 Å². The summed E-state index contributed by atoms with van der Waals surface area (Å²) < 4.78 is 0. The predicted octanol–water partition coefficient (Wildman–Crippen LogP) is 1.37. The van der Waals surface area contributed by atoms with Crippen LogP contribution in [0.5, 0.6) is 5.75 Å². The zero-order chi connectivity index (χ0) is 8.55. The number of rotatable bonds is 1. The molecule has 2 aromatic rings. The van der Waals surface area contributed by atoms with Crippen LogP contribution in [0.2, 0.25) is 0 Å². The number of H-pyrrole nitrogens is 1. The van der Waals surface area contributed by atoms with Crippen LogP contribution in [0.4, 0.5) is 0 Å². The molecule has 0 fully saturated rings. The predicted molar refractivity (Wildman–Crippen MR) is 45.9 cm³/mol. The summed E-state index contributed by atoms with van der Waals surface area (Å²) in [6.45, 7) is -0.132. The lowest BCUT2D eigenvalue weighted by atomic mass is 10.1. The van der Waals surface area contributed by atoms with Gasteiger partial charge < -0.3 is 15.2 Å². The fourth-order valence-electron chi connectivity index (χ4n) is 1.29. The van der Waals surface area contributed by atoms with Gasteiger partial charge in [-0.2, -0.15) is 0 Å². The van der Waals surface area contributed by atoms with E-state index in [2.05, 4.69) is 4.98 Å². The monoisotopic (exact) mass is 163 g/mol. The molecule has 2 rings (SSSR count). The Morgan fingerprint density at radius 3 is 2.83 bits per heavy atom. The van der Waals surface area contributed by atoms with Gasteiger partial charge in [-0.05, 0) is 12.1 Å². The number of nitrogens with one attached hydrogen (secondary N) is 1. The van der Waals surface area contributed by atoms with E-state index in [9.17, 15) is 5.11 Å². The van der Waals surface area contributed by atoms with Gasteiger partial charge in [-0.25, -0.2) is 0 Å². The van der Waals surface area contributed by atoms with Crippen LogP contribution >= 0.6 is 0 Å². The molecule has 1 aromatic heterocycles. The maximum Gasteiger partial charge on any atom is 0.130 e. The Morgan fingerprint density at radius 1 is 1.25 bits per heavy atom. The highest BCUT2D eigenvalue weighted by atomic mass is 16.3. The smallest absolute Gasteiger partial charge is 0.130 e. The average Bonchev–Trinajstić information content (AvgIpc) is 2.53. The summed E-state index contributed by atoms with van der Waals surface area (Å²) in [7, 11) is 0. The first-order valence-corrected chi connectivity index (χ1v) is 3.71. The molecule has 0 atom stereocenters. The fourth-order valence-corrected chi connectivity index (χ4v) is 1.29. The molecule has 0 unspecified atom stereocenters. The highest BCUT2D eigenvalue weighted by molar-refractivity contribution is 5.86. The third-order valence-corrected chi connectivity index (χ3v) is 1.96. The van der Waals surface area contributed by atoms with Crippen molar-refractivity contribution >= 4 is 10.9 Å². The molecule has 0 aliphatic carbocycles. The topological polar surface area (TPSA) is 56.2 Å². The molecule has 0 amide bonds. The third-order valence-electron chi connectivity index (χ3n) is 1.96. The van der Waals surface area contributed by atoms with E-state index in [1.54, 1.807) is 18.3 Å². The van der Waals surface area contributed by atoms with Crippen molar-refractivity contribution in [2.75, 3.05) is 0 Å². The van der Waals surface area contributed by atoms with Crippen LogP contribution in [-0.2, 0) is 6.61 Å². The SMILES string of the molecule is OCc1ccc2[nH]ccc2c1O. The van der Waals surface area contributed by atoms with Crippen molar-refractivity contribution in [2.24, 2.45) is 0 Å². The largest absolute Gasteiger partial charge is 0.507 e. The van der Waals surface area contributed by atoms with Crippen molar-refractivity contribution in [3.63, 3.8) is 0 Å². The summed E-state index contributed by atoms with van der Waals surface area (Å²) in [5.74, 6) is 0.163. The lowest BCUT2D eigenvalue weighted by Gasteiger charge is -2.00. The van der Waals surface area contributed by atoms with Gasteiger partial charge >= 0.3 is 0 Å². The maximum absolute atomic E-state index is 9.56. The highest BCUT2D eigenvalue weighted by Crippen LogP contribution is 2.27. The van der Waals surface area contributed by atoms with Gasteiger partial charge in [-0.3, -0.25) is 0 Å². The molecule has 3 N–H and O–H groups in total. The van der Waals surface area contributed by atoms with Crippen molar-refractivity contribution in [1.29, 1.82) is 0 Å². The van der Waals surface area contributed by atoms with E-state index < -0.39 is 0 Å². The van der Waals surface area contributed by atoms with E-state index in [0.29, 0.717) is 5.56 Å². The zero-order valence-electron chi connectivity index (χ0n) is 6.41. The molecule has 3 heteroatoms. The van der Waals surface area contributed by atoms with Crippen molar-refractivity contribution in [3.05, 3.63) is 30.0 Å². The van der Waals surface area contributed by atoms with Gasteiger partial charge in [0.25, 0.3) is 0 Å². The molecule has 0 bridgehead atoms. The second-order valence-corrected chi connectivity index (χ2v) is 2.67. The minimum Gasteiger partial charge on any atom is -0.507 e. The number of hydrogen-bond donors (Lipinski definition) is 3. The molecule has 0 saturated heterocycles. The van der Waals surface area contributed by atoms with Crippen molar-refractivity contribution in [1.82, 2.24) is 4.98 Å². The Hall–Kier alpha value is -1.48. The van der Waals surface area contributed by atoms with Gasteiger partial charge in [0.2, 0.25) is 0 Å². The molecule has 1 heterocycles. The molecular weight excluding hydrogens is 154 g/mol. The van der Waals surface area contributed by atoms with Crippen molar-refractivity contribution in [3.8, 4) is 5.75 Å². The standard InChI is InChI=1S/C9H9NO2/c11-5-6-1-2-8-7(9(6)12)3-4-10-8/h1-4,10-12H,5H2. The Balaban J connectivity index is 2.78. The molecule has 0 radical (unpaired) electrons. The number of aliphatic hydroxyl groups is 1. The van der Waals surface area contributed by atoms with Crippen molar-refractivity contribution < 1.29 is 10.2 Å². The second-order valence-electron chi connectivity index (χ2n) is 2.67. The van der Waals surface area contributed by atoms with Gasteiger partial charge in [0, 0.05) is 22.7 Å². The minimum absolute atomic E-state index is 0.132. The van der Waals surface area contributed by atoms with E-state index in [4.69, 9.17) is 5.11 Å². The maximum atomic E-state index is 9.56. The molecule has 0 aliphatic rings. The summed E-state index contributed by atoms with van der Waals surface area (Å²) in [6, 6.07) is 5.32. The fraction of sp³-hybridized carbons (Fsp3) is 0.111. The highest BCUT2D eigenvalue weighted by Gasteiger charge is 2.04. The Labute approximate surface area is 69.3 Å². The van der Waals surface area contributed by atoms with Crippen LogP contribution in [0, 0.1) is 0 Å². The number of phenols is 1. The van der Waals surface area contributed by atoms with Gasteiger partial charge in [0.05, 0.1) is 6.61 Å². The van der Waals surface area contributed by atoms with Crippen LogP contribution in [0.15, 0.2) is 24.4 Å². The van der Waals surface area contributed by atoms with E-state index in [1.807, 2.05) is 6.07 Å². The number of aromatic nitrogens is 1. The quantitative estimate of drug-likeness (QED) is 0.594. The summed E-state index contributed by atoms with van der Waals surface area (Å²) in [5, 5.41) is 19.2.